The molecule has 0 fully saturated rings. The molecule has 3 aromatic rings. The van der Waals surface area contributed by atoms with Crippen molar-refractivity contribution < 1.29 is 13.2 Å². The van der Waals surface area contributed by atoms with Gasteiger partial charge in [-0.25, -0.2) is 8.42 Å². The van der Waals surface area contributed by atoms with Crippen LogP contribution in [0, 0.1) is 6.07 Å². The van der Waals surface area contributed by atoms with E-state index in [-0.39, 0.29) is 10.8 Å². The molecule has 0 heterocycles. The second-order valence-corrected chi connectivity index (χ2v) is 8.00. The number of benzene rings is 3. The van der Waals surface area contributed by atoms with Crippen LogP contribution in [0.15, 0.2) is 96.4 Å². The fourth-order valence-electron chi connectivity index (χ4n) is 2.83. The van der Waals surface area contributed by atoms with E-state index in [0.29, 0.717) is 18.7 Å². The molecule has 1 radical (unpaired) electrons. The molecular formula is C23H22NO3S. The van der Waals surface area contributed by atoms with E-state index in [4.69, 9.17) is 4.74 Å². The molecule has 0 saturated heterocycles. The lowest BCUT2D eigenvalue weighted by atomic mass is 9.96. The van der Waals surface area contributed by atoms with Crippen LogP contribution in [0.25, 0.3) is 0 Å². The topological polar surface area (TPSA) is 55.4 Å². The van der Waals surface area contributed by atoms with Gasteiger partial charge in [0.2, 0.25) is 0 Å². The van der Waals surface area contributed by atoms with Gasteiger partial charge in [0.1, 0.15) is 5.75 Å². The van der Waals surface area contributed by atoms with Crippen LogP contribution in [-0.4, -0.2) is 15.0 Å². The summed E-state index contributed by atoms with van der Waals surface area (Å²) >= 11 is 0. The molecule has 3 rings (SSSR count). The van der Waals surface area contributed by atoms with Crippen molar-refractivity contribution in [1.82, 2.24) is 0 Å². The molecule has 28 heavy (non-hydrogen) atoms. The quantitative estimate of drug-likeness (QED) is 0.520. The van der Waals surface area contributed by atoms with Crippen molar-refractivity contribution in [2.75, 3.05) is 11.3 Å². The highest BCUT2D eigenvalue weighted by Crippen LogP contribution is 2.25. The van der Waals surface area contributed by atoms with E-state index in [9.17, 15) is 8.42 Å². The van der Waals surface area contributed by atoms with Crippen LogP contribution in [0.2, 0.25) is 0 Å². The van der Waals surface area contributed by atoms with Crippen molar-refractivity contribution in [1.29, 1.82) is 0 Å². The summed E-state index contributed by atoms with van der Waals surface area (Å²) in [5.74, 6) is 0.802. The smallest absolute Gasteiger partial charge is 0.261 e. The molecule has 0 bridgehead atoms. The van der Waals surface area contributed by atoms with Crippen LogP contribution in [-0.2, 0) is 10.0 Å². The van der Waals surface area contributed by atoms with Crippen molar-refractivity contribution in [2.24, 2.45) is 0 Å². The summed E-state index contributed by atoms with van der Waals surface area (Å²) in [7, 11) is -3.63. The zero-order chi connectivity index (χ0) is 19.8. The minimum atomic E-state index is -3.63. The highest BCUT2D eigenvalue weighted by Gasteiger charge is 2.16. The number of hydrogen-bond acceptors (Lipinski definition) is 3. The molecule has 0 saturated carbocycles. The largest absolute Gasteiger partial charge is 0.493 e. The summed E-state index contributed by atoms with van der Waals surface area (Å²) in [4.78, 5) is 0.228. The molecule has 1 atom stereocenters. The van der Waals surface area contributed by atoms with Gasteiger partial charge in [-0.15, -0.1) is 6.58 Å². The monoisotopic (exact) mass is 392 g/mol. The second-order valence-electron chi connectivity index (χ2n) is 6.32. The van der Waals surface area contributed by atoms with Crippen LogP contribution in [0.4, 0.5) is 5.69 Å². The Kier molecular flexibility index (Phi) is 6.50. The maximum Gasteiger partial charge on any atom is 0.261 e. The summed E-state index contributed by atoms with van der Waals surface area (Å²) in [5, 5.41) is 0. The van der Waals surface area contributed by atoms with E-state index in [1.54, 1.807) is 42.5 Å². The predicted molar refractivity (Wildman–Crippen MR) is 112 cm³/mol. The Morgan fingerprint density at radius 1 is 1.07 bits per heavy atom. The van der Waals surface area contributed by atoms with E-state index in [1.165, 1.54) is 0 Å². The van der Waals surface area contributed by atoms with Gasteiger partial charge in [-0.1, -0.05) is 48.5 Å². The third kappa shape index (κ3) is 5.24. The van der Waals surface area contributed by atoms with Crippen molar-refractivity contribution in [2.45, 2.75) is 17.2 Å². The highest BCUT2D eigenvalue weighted by atomic mass is 32.2. The standard InChI is InChI=1S/C23H22NO3S/c1-2-10-20(18-27-22-13-5-3-6-14-22)19-11-9-12-21(17-19)24-28(25,26)23-15-7-4-8-16-23/h2-5,7-9,11-17,20,24H,1,10,18H2. The number of allylic oxidation sites excluding steroid dienone is 1. The summed E-state index contributed by atoms with van der Waals surface area (Å²) in [6, 6.07) is 26.0. The van der Waals surface area contributed by atoms with Gasteiger partial charge in [0.25, 0.3) is 10.0 Å². The zero-order valence-corrected chi connectivity index (χ0v) is 16.2. The normalized spacial score (nSPS) is 12.1. The molecule has 0 aliphatic carbocycles. The molecular weight excluding hydrogens is 370 g/mol. The lowest BCUT2D eigenvalue weighted by molar-refractivity contribution is 0.288. The Hall–Kier alpha value is -3.05. The summed E-state index contributed by atoms with van der Waals surface area (Å²) < 4.78 is 33.6. The second kappa shape index (κ2) is 9.24. The van der Waals surface area contributed by atoms with Gasteiger partial charge < -0.3 is 4.74 Å². The number of nitrogens with one attached hydrogen (secondary N) is 1. The van der Waals surface area contributed by atoms with Crippen LogP contribution in [0.5, 0.6) is 5.75 Å². The maximum atomic E-state index is 12.6. The van der Waals surface area contributed by atoms with Gasteiger partial charge in [0.05, 0.1) is 11.5 Å². The number of anilines is 1. The average Bonchev–Trinajstić information content (AvgIpc) is 2.72. The average molecular weight is 393 g/mol. The van der Waals surface area contributed by atoms with E-state index < -0.39 is 10.0 Å². The Morgan fingerprint density at radius 3 is 2.61 bits per heavy atom. The molecule has 0 aromatic heterocycles. The fraction of sp³-hybridized carbons (Fsp3) is 0.130. The number of sulfonamides is 1. The third-order valence-corrected chi connectivity index (χ3v) is 5.64. The molecule has 0 aliphatic rings. The van der Waals surface area contributed by atoms with Gasteiger partial charge >= 0.3 is 0 Å². The van der Waals surface area contributed by atoms with Crippen LogP contribution in [0.3, 0.4) is 0 Å². The molecule has 0 spiro atoms. The first-order chi connectivity index (χ1) is 13.6. The molecule has 5 heteroatoms. The molecule has 1 unspecified atom stereocenters. The fourth-order valence-corrected chi connectivity index (χ4v) is 3.91. The molecule has 0 aliphatic heterocycles. The van der Waals surface area contributed by atoms with Gasteiger partial charge in [-0.2, -0.15) is 0 Å². The number of hydrogen-bond donors (Lipinski definition) is 1. The summed E-state index contributed by atoms with van der Waals surface area (Å²) in [6.45, 7) is 4.29. The number of rotatable bonds is 9. The maximum absolute atomic E-state index is 12.6. The SMILES string of the molecule is C=CCC(COc1c[c]ccc1)c1cccc(NS(=O)(=O)c2ccccc2)c1. The lowest BCUT2D eigenvalue weighted by Crippen LogP contribution is -2.14. The third-order valence-electron chi connectivity index (χ3n) is 4.24. The van der Waals surface area contributed by atoms with E-state index in [2.05, 4.69) is 17.4 Å². The molecule has 1 N–H and O–H groups in total. The van der Waals surface area contributed by atoms with Crippen LogP contribution >= 0.6 is 0 Å². The molecule has 0 amide bonds. The Balaban J connectivity index is 1.77. The number of ether oxygens (including phenoxy) is 1. The predicted octanol–water partition coefficient (Wildman–Crippen LogP) is 5.03. The summed E-state index contributed by atoms with van der Waals surface area (Å²) in [6.07, 6.45) is 2.55. The van der Waals surface area contributed by atoms with Crippen molar-refractivity contribution >= 4 is 15.7 Å². The first kappa shape index (κ1) is 19.7. The van der Waals surface area contributed by atoms with Gasteiger partial charge in [0.15, 0.2) is 0 Å². The molecule has 4 nitrogen and oxygen atoms in total. The van der Waals surface area contributed by atoms with Gasteiger partial charge in [-0.05, 0) is 54.4 Å². The minimum Gasteiger partial charge on any atom is -0.493 e. The van der Waals surface area contributed by atoms with E-state index in [1.807, 2.05) is 42.5 Å². The lowest BCUT2D eigenvalue weighted by Gasteiger charge is -2.18. The highest BCUT2D eigenvalue weighted by molar-refractivity contribution is 7.92. The Bertz CT molecular complexity index is 1000. The van der Waals surface area contributed by atoms with Crippen LogP contribution < -0.4 is 9.46 Å². The molecule has 3 aromatic carbocycles. The van der Waals surface area contributed by atoms with E-state index in [0.717, 1.165) is 11.3 Å². The summed E-state index contributed by atoms with van der Waals surface area (Å²) in [5.41, 5.74) is 1.50. The first-order valence-corrected chi connectivity index (χ1v) is 10.4. The van der Waals surface area contributed by atoms with Crippen molar-refractivity contribution in [3.8, 4) is 5.75 Å². The minimum absolute atomic E-state index is 0.0545. The van der Waals surface area contributed by atoms with E-state index >= 15 is 0 Å². The first-order valence-electron chi connectivity index (χ1n) is 8.96. The molecule has 143 valence electrons. The Labute approximate surface area is 166 Å². The zero-order valence-electron chi connectivity index (χ0n) is 15.4. The van der Waals surface area contributed by atoms with Crippen LogP contribution in [0.1, 0.15) is 17.9 Å². The van der Waals surface area contributed by atoms with Gasteiger partial charge in [0, 0.05) is 11.6 Å². The van der Waals surface area contributed by atoms with Gasteiger partial charge in [-0.3, -0.25) is 4.72 Å². The van der Waals surface area contributed by atoms with Crippen molar-refractivity contribution in [3.05, 3.63) is 103 Å². The Morgan fingerprint density at radius 2 is 1.89 bits per heavy atom. The van der Waals surface area contributed by atoms with Crippen molar-refractivity contribution in [3.63, 3.8) is 0 Å².